The summed E-state index contributed by atoms with van der Waals surface area (Å²) in [6.45, 7) is 6.42. The molecule has 2 N–H and O–H groups in total. The van der Waals surface area contributed by atoms with E-state index in [1.54, 1.807) is 0 Å². The number of ether oxygens (including phenoxy) is 2. The summed E-state index contributed by atoms with van der Waals surface area (Å²) in [5, 5.41) is 19.7. The van der Waals surface area contributed by atoms with Crippen LogP contribution in [0.15, 0.2) is 48.6 Å². The Morgan fingerprint density at radius 3 is 1.36 bits per heavy atom. The second-order valence-electron chi connectivity index (χ2n) is 14.4. The molecule has 2 atom stereocenters. The van der Waals surface area contributed by atoms with Crippen molar-refractivity contribution in [1.29, 1.82) is 0 Å². The van der Waals surface area contributed by atoms with Crippen LogP contribution in [0.3, 0.4) is 0 Å². The zero-order valence-corrected chi connectivity index (χ0v) is 32.7. The molecule has 0 spiro atoms. The predicted molar refractivity (Wildman–Crippen MR) is 211 cm³/mol. The van der Waals surface area contributed by atoms with Crippen molar-refractivity contribution >= 4 is 11.9 Å². The quantitative estimate of drug-likeness (QED) is 0.0383. The van der Waals surface area contributed by atoms with Gasteiger partial charge in [-0.25, -0.2) is 0 Å². The summed E-state index contributed by atoms with van der Waals surface area (Å²) in [7, 11) is 0. The summed E-state index contributed by atoms with van der Waals surface area (Å²) in [6.07, 6.45) is 43.8. The van der Waals surface area contributed by atoms with E-state index in [4.69, 9.17) is 9.47 Å². The summed E-state index contributed by atoms with van der Waals surface area (Å²) in [5.74, 6) is 0.204. The normalized spacial score (nSPS) is 13.4. The first-order chi connectivity index (χ1) is 24.3. The van der Waals surface area contributed by atoms with Crippen LogP contribution in [0.25, 0.3) is 0 Å². The van der Waals surface area contributed by atoms with Gasteiger partial charge >= 0.3 is 11.9 Å². The third-order valence-corrected chi connectivity index (χ3v) is 8.80. The van der Waals surface area contributed by atoms with Crippen LogP contribution in [0, 0.1) is 5.92 Å². The lowest BCUT2D eigenvalue weighted by Gasteiger charge is -2.12. The van der Waals surface area contributed by atoms with E-state index in [0.717, 1.165) is 70.1 Å². The lowest BCUT2D eigenvalue weighted by atomic mass is 10.0. The number of aliphatic hydroxyl groups is 2. The Kier molecular flexibility index (Phi) is 36.4. The van der Waals surface area contributed by atoms with E-state index in [2.05, 4.69) is 69.4 Å². The molecule has 0 aliphatic heterocycles. The van der Waals surface area contributed by atoms with Crippen molar-refractivity contribution in [1.82, 2.24) is 0 Å². The molecule has 50 heavy (non-hydrogen) atoms. The summed E-state index contributed by atoms with van der Waals surface area (Å²) in [6, 6.07) is 0. The molecule has 0 rings (SSSR count). The van der Waals surface area contributed by atoms with Gasteiger partial charge in [0.05, 0.1) is 6.10 Å². The van der Waals surface area contributed by atoms with E-state index in [9.17, 15) is 19.8 Å². The molecule has 0 radical (unpaired) electrons. The topological polar surface area (TPSA) is 93.1 Å². The molecule has 6 nitrogen and oxygen atoms in total. The van der Waals surface area contributed by atoms with E-state index in [1.165, 1.54) is 83.5 Å². The van der Waals surface area contributed by atoms with Crippen molar-refractivity contribution in [2.45, 2.75) is 200 Å². The van der Waals surface area contributed by atoms with Gasteiger partial charge in [-0.05, 0) is 57.3 Å². The van der Waals surface area contributed by atoms with Crippen molar-refractivity contribution < 1.29 is 29.3 Å². The monoisotopic (exact) mass is 703 g/mol. The van der Waals surface area contributed by atoms with Gasteiger partial charge in [0.2, 0.25) is 0 Å². The maximum Gasteiger partial charge on any atom is 0.305 e. The zero-order chi connectivity index (χ0) is 36.8. The highest BCUT2D eigenvalue weighted by Crippen LogP contribution is 2.15. The van der Waals surface area contributed by atoms with E-state index in [-0.39, 0.29) is 31.3 Å². The van der Waals surface area contributed by atoms with Crippen LogP contribution in [0.1, 0.15) is 188 Å². The number of allylic oxidation sites excluding steroid dienone is 7. The van der Waals surface area contributed by atoms with Gasteiger partial charge in [0.1, 0.15) is 19.3 Å². The highest BCUT2D eigenvalue weighted by Gasteiger charge is 2.12. The van der Waals surface area contributed by atoms with E-state index in [0.29, 0.717) is 19.3 Å². The standard InChI is InChI=1S/C44H78O6/c1-4-33-41(45)35-30-26-22-18-14-10-8-12-16-20-24-28-32-37-44(48)50-39-42(46)38-49-43(47)36-31-27-23-19-15-11-7-5-6-9-13-17-21-25-29-34-40(2)3/h8,12,14,18,20,24,26,30,40-42,45-46H,4-7,9-11,13,15-17,19,21-23,25,27-29,31-39H2,1-3H3/b12-8-,18-14-,24-20-,30-26-/t41?,42-/m0/s1. The molecule has 290 valence electrons. The molecule has 0 heterocycles. The van der Waals surface area contributed by atoms with Gasteiger partial charge in [0, 0.05) is 12.8 Å². The summed E-state index contributed by atoms with van der Waals surface area (Å²) < 4.78 is 10.3. The van der Waals surface area contributed by atoms with Crippen molar-refractivity contribution in [2.75, 3.05) is 13.2 Å². The maximum absolute atomic E-state index is 12.0. The third kappa shape index (κ3) is 38.6. The molecule has 0 saturated carbocycles. The second-order valence-corrected chi connectivity index (χ2v) is 14.4. The Morgan fingerprint density at radius 1 is 0.500 bits per heavy atom. The Labute approximate surface area is 308 Å². The number of unbranched alkanes of at least 4 members (excludes halogenated alkanes) is 15. The number of aliphatic hydroxyl groups excluding tert-OH is 2. The van der Waals surface area contributed by atoms with Gasteiger partial charge < -0.3 is 19.7 Å². The van der Waals surface area contributed by atoms with E-state index in [1.807, 2.05) is 0 Å². The van der Waals surface area contributed by atoms with Crippen LogP contribution < -0.4 is 0 Å². The minimum atomic E-state index is -0.995. The molecule has 0 aromatic carbocycles. The fraction of sp³-hybridized carbons (Fsp3) is 0.773. The Bertz CT molecular complexity index is 874. The molecular weight excluding hydrogens is 624 g/mol. The first-order valence-corrected chi connectivity index (χ1v) is 20.6. The van der Waals surface area contributed by atoms with Crippen molar-refractivity contribution in [3.63, 3.8) is 0 Å². The number of hydrogen-bond acceptors (Lipinski definition) is 6. The molecule has 0 saturated heterocycles. The molecule has 0 amide bonds. The molecule has 0 aromatic heterocycles. The molecule has 0 fully saturated rings. The SMILES string of the molecule is CCCC(O)C/C=C\C/C=C\C/C=C\C/C=C\CCCC(=O)OC[C@@H](O)COC(=O)CCCCCCCCCCCCCCCCCC(C)C. The van der Waals surface area contributed by atoms with Crippen LogP contribution in [-0.4, -0.2) is 47.6 Å². The molecular formula is C44H78O6. The Hall–Kier alpha value is -2.18. The molecule has 6 heteroatoms. The fourth-order valence-electron chi connectivity index (χ4n) is 5.69. The summed E-state index contributed by atoms with van der Waals surface area (Å²) >= 11 is 0. The largest absolute Gasteiger partial charge is 0.463 e. The van der Waals surface area contributed by atoms with Gasteiger partial charge in [-0.3, -0.25) is 9.59 Å². The van der Waals surface area contributed by atoms with Crippen molar-refractivity contribution in [2.24, 2.45) is 5.92 Å². The van der Waals surface area contributed by atoms with Crippen LogP contribution in [0.2, 0.25) is 0 Å². The smallest absolute Gasteiger partial charge is 0.305 e. The summed E-state index contributed by atoms with van der Waals surface area (Å²) in [4.78, 5) is 23.9. The Morgan fingerprint density at radius 2 is 0.900 bits per heavy atom. The number of hydrogen-bond donors (Lipinski definition) is 2. The highest BCUT2D eigenvalue weighted by molar-refractivity contribution is 5.69. The molecule has 0 aliphatic rings. The van der Waals surface area contributed by atoms with Crippen molar-refractivity contribution in [3.8, 4) is 0 Å². The van der Waals surface area contributed by atoms with Gasteiger partial charge in [-0.15, -0.1) is 0 Å². The van der Waals surface area contributed by atoms with Crippen LogP contribution in [0.4, 0.5) is 0 Å². The average molecular weight is 703 g/mol. The van der Waals surface area contributed by atoms with E-state index < -0.39 is 6.10 Å². The fourth-order valence-corrected chi connectivity index (χ4v) is 5.69. The summed E-state index contributed by atoms with van der Waals surface area (Å²) in [5.41, 5.74) is 0. The minimum Gasteiger partial charge on any atom is -0.463 e. The third-order valence-electron chi connectivity index (χ3n) is 8.80. The van der Waals surface area contributed by atoms with E-state index >= 15 is 0 Å². The Balaban J connectivity index is 3.53. The molecule has 0 aromatic rings. The van der Waals surface area contributed by atoms with Gasteiger partial charge in [-0.2, -0.15) is 0 Å². The first-order valence-electron chi connectivity index (χ1n) is 20.6. The van der Waals surface area contributed by atoms with Crippen LogP contribution in [0.5, 0.6) is 0 Å². The lowest BCUT2D eigenvalue weighted by molar-refractivity contribution is -0.152. The highest BCUT2D eigenvalue weighted by atomic mass is 16.6. The number of rotatable bonds is 36. The van der Waals surface area contributed by atoms with Gasteiger partial charge in [-0.1, -0.05) is 172 Å². The molecule has 1 unspecified atom stereocenters. The zero-order valence-electron chi connectivity index (χ0n) is 32.7. The second kappa shape index (κ2) is 38.1. The number of carbonyl (C=O) groups excluding carboxylic acids is 2. The molecule has 0 bridgehead atoms. The number of esters is 2. The van der Waals surface area contributed by atoms with Gasteiger partial charge in [0.15, 0.2) is 0 Å². The van der Waals surface area contributed by atoms with Crippen LogP contribution >= 0.6 is 0 Å². The van der Waals surface area contributed by atoms with Crippen LogP contribution in [-0.2, 0) is 19.1 Å². The lowest BCUT2D eigenvalue weighted by Crippen LogP contribution is -2.25. The van der Waals surface area contributed by atoms with Gasteiger partial charge in [0.25, 0.3) is 0 Å². The molecule has 0 aliphatic carbocycles. The first kappa shape index (κ1) is 47.8. The average Bonchev–Trinajstić information content (AvgIpc) is 3.09. The number of carbonyl (C=O) groups is 2. The minimum absolute atomic E-state index is 0.141. The predicted octanol–water partition coefficient (Wildman–Crippen LogP) is 11.8. The van der Waals surface area contributed by atoms with Crippen molar-refractivity contribution in [3.05, 3.63) is 48.6 Å². The maximum atomic E-state index is 12.0.